The highest BCUT2D eigenvalue weighted by atomic mass is 16.5. The number of pyridine rings is 1. The molecule has 6 heteroatoms. The van der Waals surface area contributed by atoms with Crippen LogP contribution < -0.4 is 15.8 Å². The lowest BCUT2D eigenvalue weighted by Gasteiger charge is -2.12. The van der Waals surface area contributed by atoms with Crippen molar-refractivity contribution in [2.75, 3.05) is 18.5 Å². The summed E-state index contributed by atoms with van der Waals surface area (Å²) in [6.07, 6.45) is 2.68. The van der Waals surface area contributed by atoms with Gasteiger partial charge in [-0.25, -0.2) is 4.98 Å². The molecule has 0 aromatic carbocycles. The van der Waals surface area contributed by atoms with Crippen molar-refractivity contribution in [1.29, 1.82) is 0 Å². The van der Waals surface area contributed by atoms with Gasteiger partial charge in [0.05, 0.1) is 24.6 Å². The highest BCUT2D eigenvalue weighted by Gasteiger charge is 2.29. The van der Waals surface area contributed by atoms with E-state index in [1.165, 1.54) is 0 Å². The maximum atomic E-state index is 12.0. The third-order valence-corrected chi connectivity index (χ3v) is 2.96. The van der Waals surface area contributed by atoms with Crippen LogP contribution in [-0.4, -0.2) is 36.3 Å². The molecule has 6 nitrogen and oxygen atoms in total. The van der Waals surface area contributed by atoms with Crippen LogP contribution in [0, 0.1) is 0 Å². The van der Waals surface area contributed by atoms with Gasteiger partial charge in [-0.1, -0.05) is 0 Å². The van der Waals surface area contributed by atoms with Crippen molar-refractivity contribution in [1.82, 2.24) is 4.98 Å². The first kappa shape index (κ1) is 13.8. The molecule has 1 aliphatic rings. The zero-order valence-corrected chi connectivity index (χ0v) is 11.0. The van der Waals surface area contributed by atoms with E-state index in [4.69, 9.17) is 15.2 Å². The van der Waals surface area contributed by atoms with Crippen LogP contribution in [0.2, 0.25) is 0 Å². The molecule has 3 N–H and O–H groups in total. The van der Waals surface area contributed by atoms with Crippen molar-refractivity contribution in [3.05, 3.63) is 18.3 Å². The standard InChI is InChI=1S/C13H19N3O3/c1-2-18-12-6-3-9(8-15-12)16-13(17)11-5-4-10(7-14)19-11/h3,6,8,10-11H,2,4-5,7,14H2,1H3,(H,16,17). The molecule has 2 heterocycles. The van der Waals surface area contributed by atoms with Crippen LogP contribution in [0.25, 0.3) is 0 Å². The summed E-state index contributed by atoms with van der Waals surface area (Å²) in [6, 6.07) is 3.47. The van der Waals surface area contributed by atoms with Crippen LogP contribution in [0.3, 0.4) is 0 Å². The summed E-state index contributed by atoms with van der Waals surface area (Å²) in [5.74, 6) is 0.391. The Hall–Kier alpha value is -1.66. The molecule has 1 aromatic heterocycles. The number of nitrogens with zero attached hydrogens (tertiary/aromatic N) is 1. The van der Waals surface area contributed by atoms with Gasteiger partial charge in [0.25, 0.3) is 5.91 Å². The van der Waals surface area contributed by atoms with Gasteiger partial charge in [-0.05, 0) is 25.8 Å². The van der Waals surface area contributed by atoms with E-state index in [0.717, 1.165) is 6.42 Å². The summed E-state index contributed by atoms with van der Waals surface area (Å²) >= 11 is 0. The SMILES string of the molecule is CCOc1ccc(NC(=O)C2CCC(CN)O2)cn1. The van der Waals surface area contributed by atoms with Crippen molar-refractivity contribution < 1.29 is 14.3 Å². The highest BCUT2D eigenvalue weighted by molar-refractivity contribution is 5.94. The summed E-state index contributed by atoms with van der Waals surface area (Å²) < 4.78 is 10.8. The molecule has 0 saturated carbocycles. The molecule has 1 aliphatic heterocycles. The van der Waals surface area contributed by atoms with Crippen molar-refractivity contribution in [3.8, 4) is 5.88 Å². The Morgan fingerprint density at radius 1 is 1.58 bits per heavy atom. The number of ether oxygens (including phenoxy) is 2. The average molecular weight is 265 g/mol. The van der Waals surface area contributed by atoms with Crippen molar-refractivity contribution in [3.63, 3.8) is 0 Å². The van der Waals surface area contributed by atoms with Crippen molar-refractivity contribution >= 4 is 11.6 Å². The van der Waals surface area contributed by atoms with Gasteiger partial charge in [-0.3, -0.25) is 4.79 Å². The van der Waals surface area contributed by atoms with E-state index < -0.39 is 6.10 Å². The van der Waals surface area contributed by atoms with E-state index in [0.29, 0.717) is 31.1 Å². The van der Waals surface area contributed by atoms with Crippen molar-refractivity contribution in [2.45, 2.75) is 32.0 Å². The minimum absolute atomic E-state index is 0.00537. The molecule has 0 aliphatic carbocycles. The molecule has 2 atom stereocenters. The fraction of sp³-hybridized carbons (Fsp3) is 0.538. The number of hydrogen-bond donors (Lipinski definition) is 2. The second-order valence-electron chi connectivity index (χ2n) is 4.37. The summed E-state index contributed by atoms with van der Waals surface area (Å²) in [7, 11) is 0. The van der Waals surface area contributed by atoms with Gasteiger partial charge in [0.2, 0.25) is 5.88 Å². The monoisotopic (exact) mass is 265 g/mol. The zero-order chi connectivity index (χ0) is 13.7. The normalized spacial score (nSPS) is 22.2. The molecular weight excluding hydrogens is 246 g/mol. The summed E-state index contributed by atoms with van der Waals surface area (Å²) in [6.45, 7) is 2.91. The number of nitrogens with one attached hydrogen (secondary N) is 1. The maximum Gasteiger partial charge on any atom is 0.253 e. The summed E-state index contributed by atoms with van der Waals surface area (Å²) in [5.41, 5.74) is 6.15. The number of hydrogen-bond acceptors (Lipinski definition) is 5. The quantitative estimate of drug-likeness (QED) is 0.827. The Labute approximate surface area is 112 Å². The molecule has 2 unspecified atom stereocenters. The molecule has 19 heavy (non-hydrogen) atoms. The van der Waals surface area contributed by atoms with Crippen LogP contribution in [0.15, 0.2) is 18.3 Å². The number of nitrogens with two attached hydrogens (primary N) is 1. The minimum Gasteiger partial charge on any atom is -0.478 e. The molecular formula is C13H19N3O3. The average Bonchev–Trinajstić information content (AvgIpc) is 2.90. The summed E-state index contributed by atoms with van der Waals surface area (Å²) in [4.78, 5) is 16.0. The third-order valence-electron chi connectivity index (χ3n) is 2.96. The van der Waals surface area contributed by atoms with Gasteiger partial charge in [-0.15, -0.1) is 0 Å². The Morgan fingerprint density at radius 3 is 3.00 bits per heavy atom. The third kappa shape index (κ3) is 3.65. The number of anilines is 1. The molecule has 104 valence electrons. The van der Waals surface area contributed by atoms with E-state index in [1.54, 1.807) is 18.3 Å². The summed E-state index contributed by atoms with van der Waals surface area (Å²) in [5, 5.41) is 2.78. The van der Waals surface area contributed by atoms with Crippen LogP contribution in [-0.2, 0) is 9.53 Å². The van der Waals surface area contributed by atoms with E-state index in [1.807, 2.05) is 6.92 Å². The van der Waals surface area contributed by atoms with Crippen LogP contribution in [0.4, 0.5) is 5.69 Å². The van der Waals surface area contributed by atoms with E-state index >= 15 is 0 Å². The van der Waals surface area contributed by atoms with Gasteiger partial charge in [-0.2, -0.15) is 0 Å². The molecule has 0 spiro atoms. The fourth-order valence-electron chi connectivity index (χ4n) is 1.98. The smallest absolute Gasteiger partial charge is 0.253 e. The van der Waals surface area contributed by atoms with E-state index in [9.17, 15) is 4.79 Å². The largest absolute Gasteiger partial charge is 0.478 e. The molecule has 1 saturated heterocycles. The first-order valence-electron chi connectivity index (χ1n) is 6.48. The molecule has 0 bridgehead atoms. The second kappa shape index (κ2) is 6.49. The van der Waals surface area contributed by atoms with Crippen LogP contribution in [0.5, 0.6) is 5.88 Å². The Kier molecular flexibility index (Phi) is 4.70. The van der Waals surface area contributed by atoms with Gasteiger partial charge < -0.3 is 20.5 Å². The first-order chi connectivity index (χ1) is 9.22. The Balaban J connectivity index is 1.88. The minimum atomic E-state index is -0.417. The van der Waals surface area contributed by atoms with E-state index in [-0.39, 0.29) is 12.0 Å². The topological polar surface area (TPSA) is 86.5 Å². The number of aromatic nitrogens is 1. The highest BCUT2D eigenvalue weighted by Crippen LogP contribution is 2.20. The predicted molar refractivity (Wildman–Crippen MR) is 71.0 cm³/mol. The number of carbonyl (C=O) groups is 1. The molecule has 2 rings (SSSR count). The maximum absolute atomic E-state index is 12.0. The van der Waals surface area contributed by atoms with Gasteiger partial charge in [0.1, 0.15) is 6.10 Å². The molecule has 1 fully saturated rings. The van der Waals surface area contributed by atoms with Crippen LogP contribution in [0.1, 0.15) is 19.8 Å². The number of rotatable bonds is 5. The zero-order valence-electron chi connectivity index (χ0n) is 11.0. The van der Waals surface area contributed by atoms with E-state index in [2.05, 4.69) is 10.3 Å². The van der Waals surface area contributed by atoms with Crippen molar-refractivity contribution in [2.24, 2.45) is 5.73 Å². The molecule has 0 radical (unpaired) electrons. The Morgan fingerprint density at radius 2 is 2.42 bits per heavy atom. The lowest BCUT2D eigenvalue weighted by molar-refractivity contribution is -0.126. The molecule has 1 aromatic rings. The molecule has 1 amide bonds. The number of carbonyl (C=O) groups excluding carboxylic acids is 1. The first-order valence-corrected chi connectivity index (χ1v) is 6.48. The second-order valence-corrected chi connectivity index (χ2v) is 4.37. The van der Waals surface area contributed by atoms with Gasteiger partial charge in [0, 0.05) is 12.6 Å². The lowest BCUT2D eigenvalue weighted by Crippen LogP contribution is -2.29. The predicted octanol–water partition coefficient (Wildman–Crippen LogP) is 0.925. The van der Waals surface area contributed by atoms with Gasteiger partial charge >= 0.3 is 0 Å². The fourth-order valence-corrected chi connectivity index (χ4v) is 1.98. The number of amides is 1. The van der Waals surface area contributed by atoms with Crippen LogP contribution >= 0.6 is 0 Å². The Bertz CT molecular complexity index is 422. The van der Waals surface area contributed by atoms with Gasteiger partial charge in [0.15, 0.2) is 0 Å². The lowest BCUT2D eigenvalue weighted by atomic mass is 10.2.